The Labute approximate surface area is 118 Å². The first-order valence-corrected chi connectivity index (χ1v) is 6.03. The van der Waals surface area contributed by atoms with Crippen molar-refractivity contribution in [1.29, 1.82) is 0 Å². The number of aryl methyl sites for hydroxylation is 1. The van der Waals surface area contributed by atoms with Gasteiger partial charge in [-0.25, -0.2) is 14.2 Å². The third kappa shape index (κ3) is 2.88. The van der Waals surface area contributed by atoms with Crippen LogP contribution in [-0.4, -0.2) is 22.5 Å². The fourth-order valence-electron chi connectivity index (χ4n) is 1.73. The zero-order valence-corrected chi connectivity index (χ0v) is 11.3. The van der Waals surface area contributed by atoms with Crippen LogP contribution in [0.4, 0.5) is 10.1 Å². The highest BCUT2D eigenvalue weighted by Gasteiger charge is 2.24. The molecule has 1 heterocycles. The Kier molecular flexibility index (Phi) is 3.97. The highest BCUT2D eigenvalue weighted by atomic mass is 19.1. The van der Waals surface area contributed by atoms with Crippen LogP contribution in [0.15, 0.2) is 22.6 Å². The maximum atomic E-state index is 13.1. The summed E-state index contributed by atoms with van der Waals surface area (Å²) in [6.45, 7) is 3.30. The quantitative estimate of drug-likeness (QED) is 0.488. The lowest BCUT2D eigenvalue weighted by Gasteiger charge is -1.99. The SMILES string of the molecule is CCOC(=O)c1oc(-c2ccc(F)cc2[N+](=O)[O-])nc1C. The molecule has 0 N–H and O–H groups in total. The van der Waals surface area contributed by atoms with E-state index in [9.17, 15) is 19.3 Å². The molecule has 0 aliphatic heterocycles. The van der Waals surface area contributed by atoms with E-state index in [4.69, 9.17) is 9.15 Å². The summed E-state index contributed by atoms with van der Waals surface area (Å²) in [6, 6.07) is 2.98. The van der Waals surface area contributed by atoms with Crippen molar-refractivity contribution in [2.24, 2.45) is 0 Å². The summed E-state index contributed by atoms with van der Waals surface area (Å²) in [6.07, 6.45) is 0. The van der Waals surface area contributed by atoms with Gasteiger partial charge in [0, 0.05) is 0 Å². The number of carbonyl (C=O) groups is 1. The van der Waals surface area contributed by atoms with Crippen LogP contribution in [-0.2, 0) is 4.74 Å². The number of esters is 1. The van der Waals surface area contributed by atoms with E-state index in [1.807, 2.05) is 0 Å². The number of benzene rings is 1. The summed E-state index contributed by atoms with van der Waals surface area (Å²) in [7, 11) is 0. The Hall–Kier alpha value is -2.77. The Morgan fingerprint density at radius 1 is 1.52 bits per heavy atom. The van der Waals surface area contributed by atoms with Gasteiger partial charge in [-0.05, 0) is 26.0 Å². The number of nitro benzene ring substituents is 1. The fourth-order valence-corrected chi connectivity index (χ4v) is 1.73. The molecule has 0 saturated carbocycles. The third-order valence-corrected chi connectivity index (χ3v) is 2.64. The lowest BCUT2D eigenvalue weighted by atomic mass is 10.2. The lowest BCUT2D eigenvalue weighted by Crippen LogP contribution is -2.04. The van der Waals surface area contributed by atoms with Crippen molar-refractivity contribution in [3.8, 4) is 11.5 Å². The topological polar surface area (TPSA) is 95.5 Å². The van der Waals surface area contributed by atoms with Gasteiger partial charge in [0.15, 0.2) is 0 Å². The minimum absolute atomic E-state index is 0.0138. The van der Waals surface area contributed by atoms with Gasteiger partial charge in [0.2, 0.25) is 11.7 Å². The highest BCUT2D eigenvalue weighted by molar-refractivity contribution is 5.88. The number of oxazole rings is 1. The van der Waals surface area contributed by atoms with Crippen LogP contribution in [0.5, 0.6) is 0 Å². The summed E-state index contributed by atoms with van der Waals surface area (Å²) < 4.78 is 23.1. The molecule has 0 aliphatic carbocycles. The molecule has 8 heteroatoms. The van der Waals surface area contributed by atoms with Gasteiger partial charge in [-0.15, -0.1) is 0 Å². The molecular weight excluding hydrogens is 283 g/mol. The smallest absolute Gasteiger partial charge is 0.376 e. The van der Waals surface area contributed by atoms with Crippen LogP contribution in [0.25, 0.3) is 11.5 Å². The van der Waals surface area contributed by atoms with Crippen LogP contribution < -0.4 is 0 Å². The van der Waals surface area contributed by atoms with Gasteiger partial charge in [0.05, 0.1) is 23.3 Å². The van der Waals surface area contributed by atoms with Gasteiger partial charge in [-0.3, -0.25) is 10.1 Å². The van der Waals surface area contributed by atoms with E-state index in [0.29, 0.717) is 0 Å². The number of hydrogen-bond donors (Lipinski definition) is 0. The lowest BCUT2D eigenvalue weighted by molar-refractivity contribution is -0.384. The first-order valence-electron chi connectivity index (χ1n) is 6.03. The molecule has 0 spiro atoms. The molecular formula is C13H11FN2O5. The van der Waals surface area contributed by atoms with E-state index < -0.39 is 22.4 Å². The minimum Gasteiger partial charge on any atom is -0.460 e. The molecule has 0 fully saturated rings. The number of ether oxygens (including phenoxy) is 1. The van der Waals surface area contributed by atoms with Crippen LogP contribution >= 0.6 is 0 Å². The van der Waals surface area contributed by atoms with Crippen molar-refractivity contribution in [2.45, 2.75) is 13.8 Å². The molecule has 0 radical (unpaired) electrons. The third-order valence-electron chi connectivity index (χ3n) is 2.64. The first kappa shape index (κ1) is 14.6. The molecule has 0 unspecified atom stereocenters. The Morgan fingerprint density at radius 2 is 2.24 bits per heavy atom. The monoisotopic (exact) mass is 294 g/mol. The molecule has 0 aliphatic rings. The number of nitrogens with zero attached hydrogens (tertiary/aromatic N) is 2. The molecule has 2 aromatic rings. The van der Waals surface area contributed by atoms with Gasteiger partial charge >= 0.3 is 5.97 Å². The molecule has 7 nitrogen and oxygen atoms in total. The van der Waals surface area contributed by atoms with Crippen LogP contribution in [0.2, 0.25) is 0 Å². The second-order valence-electron chi connectivity index (χ2n) is 4.07. The average Bonchev–Trinajstić information content (AvgIpc) is 2.80. The van der Waals surface area contributed by atoms with Gasteiger partial charge in [0.1, 0.15) is 11.4 Å². The predicted molar refractivity (Wildman–Crippen MR) is 69.2 cm³/mol. The van der Waals surface area contributed by atoms with E-state index in [-0.39, 0.29) is 29.5 Å². The second-order valence-corrected chi connectivity index (χ2v) is 4.07. The zero-order chi connectivity index (χ0) is 15.6. The summed E-state index contributed by atoms with van der Waals surface area (Å²) in [5, 5.41) is 11.0. The number of rotatable bonds is 4. The Balaban J connectivity index is 2.51. The minimum atomic E-state index is -0.751. The highest BCUT2D eigenvalue weighted by Crippen LogP contribution is 2.31. The molecule has 0 amide bonds. The standard InChI is InChI=1S/C13H11FN2O5/c1-3-20-13(17)11-7(2)15-12(21-11)9-5-4-8(14)6-10(9)16(18)19/h4-6H,3H2,1-2H3. The predicted octanol–water partition coefficient (Wildman–Crippen LogP) is 2.87. The molecule has 0 bridgehead atoms. The number of carbonyl (C=O) groups excluding carboxylic acids is 1. The summed E-state index contributed by atoms with van der Waals surface area (Å²) >= 11 is 0. The summed E-state index contributed by atoms with van der Waals surface area (Å²) in [4.78, 5) is 25.8. The summed E-state index contributed by atoms with van der Waals surface area (Å²) in [5.74, 6) is -1.73. The normalized spacial score (nSPS) is 10.4. The Morgan fingerprint density at radius 3 is 2.86 bits per heavy atom. The molecule has 21 heavy (non-hydrogen) atoms. The van der Waals surface area contributed by atoms with E-state index in [0.717, 1.165) is 12.1 Å². The second kappa shape index (κ2) is 5.70. The summed E-state index contributed by atoms with van der Waals surface area (Å²) in [5.41, 5.74) is -0.270. The van der Waals surface area contributed by atoms with Crippen molar-refractivity contribution in [2.75, 3.05) is 6.61 Å². The fraction of sp³-hybridized carbons (Fsp3) is 0.231. The number of halogens is 1. The maximum absolute atomic E-state index is 13.1. The molecule has 2 rings (SSSR count). The van der Waals surface area contributed by atoms with Gasteiger partial charge in [-0.1, -0.05) is 0 Å². The van der Waals surface area contributed by atoms with Crippen LogP contribution in [0.1, 0.15) is 23.2 Å². The molecule has 1 aromatic carbocycles. The van der Waals surface area contributed by atoms with E-state index in [2.05, 4.69) is 4.98 Å². The number of hydrogen-bond acceptors (Lipinski definition) is 6. The van der Waals surface area contributed by atoms with Crippen LogP contribution in [0.3, 0.4) is 0 Å². The van der Waals surface area contributed by atoms with Crippen molar-refractivity contribution in [3.05, 3.63) is 45.6 Å². The average molecular weight is 294 g/mol. The van der Waals surface area contributed by atoms with E-state index >= 15 is 0 Å². The van der Waals surface area contributed by atoms with Gasteiger partial charge < -0.3 is 9.15 Å². The molecule has 0 saturated heterocycles. The maximum Gasteiger partial charge on any atom is 0.376 e. The van der Waals surface area contributed by atoms with E-state index in [1.54, 1.807) is 6.92 Å². The zero-order valence-electron chi connectivity index (χ0n) is 11.3. The van der Waals surface area contributed by atoms with Crippen molar-refractivity contribution in [3.63, 3.8) is 0 Å². The molecule has 1 aromatic heterocycles. The largest absolute Gasteiger partial charge is 0.460 e. The Bertz CT molecular complexity index is 711. The van der Waals surface area contributed by atoms with Crippen molar-refractivity contribution < 1.29 is 23.3 Å². The van der Waals surface area contributed by atoms with Crippen molar-refractivity contribution >= 4 is 11.7 Å². The van der Waals surface area contributed by atoms with Crippen LogP contribution in [0, 0.1) is 22.9 Å². The molecule has 0 atom stereocenters. The number of nitro groups is 1. The first-order chi connectivity index (χ1) is 9.93. The van der Waals surface area contributed by atoms with E-state index in [1.165, 1.54) is 13.0 Å². The molecule has 110 valence electrons. The van der Waals surface area contributed by atoms with Crippen molar-refractivity contribution in [1.82, 2.24) is 4.98 Å². The van der Waals surface area contributed by atoms with Gasteiger partial charge in [0.25, 0.3) is 5.69 Å². The van der Waals surface area contributed by atoms with Gasteiger partial charge in [-0.2, -0.15) is 0 Å². The number of aromatic nitrogens is 1.